The van der Waals surface area contributed by atoms with Gasteiger partial charge in [-0.2, -0.15) is 0 Å². The molecule has 4 aliphatic rings. The van der Waals surface area contributed by atoms with Gasteiger partial charge in [-0.05, 0) is 44.4 Å². The highest BCUT2D eigenvalue weighted by atomic mass is 16.2. The maximum absolute atomic E-state index is 13.1. The number of piperazine rings is 1. The van der Waals surface area contributed by atoms with E-state index in [0.29, 0.717) is 19.6 Å². The predicted octanol–water partition coefficient (Wildman–Crippen LogP) is 1.71. The summed E-state index contributed by atoms with van der Waals surface area (Å²) in [4.78, 5) is 67.9. The zero-order valence-corrected chi connectivity index (χ0v) is 19.4. The summed E-state index contributed by atoms with van der Waals surface area (Å²) in [6.45, 7) is 3.99. The predicted molar refractivity (Wildman–Crippen MR) is 123 cm³/mol. The second kappa shape index (κ2) is 8.85. The summed E-state index contributed by atoms with van der Waals surface area (Å²) in [7, 11) is 0. The Labute approximate surface area is 198 Å². The van der Waals surface area contributed by atoms with Crippen LogP contribution in [0.1, 0.15) is 72.6 Å². The molecule has 9 heteroatoms. The third-order valence-corrected chi connectivity index (χ3v) is 7.65. The lowest BCUT2D eigenvalue weighted by atomic mass is 9.87. The lowest BCUT2D eigenvalue weighted by molar-refractivity contribution is -0.139. The van der Waals surface area contributed by atoms with Crippen LogP contribution in [0.25, 0.3) is 0 Å². The second-order valence-corrected chi connectivity index (χ2v) is 9.84. The fourth-order valence-corrected chi connectivity index (χ4v) is 5.76. The van der Waals surface area contributed by atoms with Crippen LogP contribution in [0.15, 0.2) is 18.2 Å². The summed E-state index contributed by atoms with van der Waals surface area (Å²) in [6.07, 6.45) is 5.67. The number of anilines is 1. The van der Waals surface area contributed by atoms with Gasteiger partial charge in [0.05, 0.1) is 11.1 Å². The molecule has 1 aliphatic carbocycles. The highest BCUT2D eigenvalue weighted by Gasteiger charge is 2.45. The standard InChI is InChI=1S/C25H30N4O5/c1-15-14-27(11-12-28(15)23(32)16-5-3-2-4-6-16)17-7-8-18-19(13-17)25(34)29(24(18)33)20-9-10-21(30)26-22(20)31/h7-8,13,15-16,20H,2-6,9-12,14H2,1H3,(H,26,30,31)/t15-,20?/m0/s1. The molecule has 5 rings (SSSR count). The molecule has 2 atom stereocenters. The first-order chi connectivity index (χ1) is 16.3. The topological polar surface area (TPSA) is 107 Å². The van der Waals surface area contributed by atoms with Gasteiger partial charge in [-0.3, -0.25) is 34.2 Å². The van der Waals surface area contributed by atoms with E-state index in [1.54, 1.807) is 12.1 Å². The van der Waals surface area contributed by atoms with Crippen molar-refractivity contribution in [3.05, 3.63) is 29.3 Å². The average Bonchev–Trinajstić information content (AvgIpc) is 3.08. The van der Waals surface area contributed by atoms with Gasteiger partial charge in [0.15, 0.2) is 0 Å². The number of carbonyl (C=O) groups excluding carboxylic acids is 5. The van der Waals surface area contributed by atoms with E-state index in [4.69, 9.17) is 0 Å². The van der Waals surface area contributed by atoms with E-state index < -0.39 is 29.7 Å². The van der Waals surface area contributed by atoms with Gasteiger partial charge < -0.3 is 9.80 Å². The molecule has 1 aromatic carbocycles. The number of nitrogens with one attached hydrogen (secondary N) is 1. The third-order valence-electron chi connectivity index (χ3n) is 7.65. The van der Waals surface area contributed by atoms with Crippen molar-refractivity contribution in [2.45, 2.75) is 64.0 Å². The zero-order chi connectivity index (χ0) is 24.0. The van der Waals surface area contributed by atoms with Gasteiger partial charge in [0.25, 0.3) is 11.8 Å². The van der Waals surface area contributed by atoms with E-state index in [-0.39, 0.29) is 41.8 Å². The molecular formula is C25H30N4O5. The minimum atomic E-state index is -0.970. The van der Waals surface area contributed by atoms with Crippen molar-refractivity contribution in [3.63, 3.8) is 0 Å². The summed E-state index contributed by atoms with van der Waals surface area (Å²) in [5, 5.41) is 2.21. The van der Waals surface area contributed by atoms with E-state index in [1.807, 2.05) is 11.0 Å². The van der Waals surface area contributed by atoms with Gasteiger partial charge in [-0.15, -0.1) is 0 Å². The maximum Gasteiger partial charge on any atom is 0.262 e. The first-order valence-electron chi connectivity index (χ1n) is 12.3. The molecule has 0 spiro atoms. The number of benzene rings is 1. The van der Waals surface area contributed by atoms with Crippen LogP contribution in [0.2, 0.25) is 0 Å². The number of carbonyl (C=O) groups is 5. The second-order valence-electron chi connectivity index (χ2n) is 9.84. The summed E-state index contributed by atoms with van der Waals surface area (Å²) < 4.78 is 0. The van der Waals surface area contributed by atoms with Crippen LogP contribution in [-0.2, 0) is 14.4 Å². The number of hydrogen-bond acceptors (Lipinski definition) is 6. The Hall–Kier alpha value is -3.23. The fourth-order valence-electron chi connectivity index (χ4n) is 5.76. The molecule has 1 aromatic rings. The van der Waals surface area contributed by atoms with Crippen LogP contribution in [0.4, 0.5) is 5.69 Å². The normalized spacial score (nSPS) is 26.1. The first kappa shape index (κ1) is 22.6. The van der Waals surface area contributed by atoms with E-state index in [0.717, 1.165) is 36.3 Å². The van der Waals surface area contributed by atoms with Crippen LogP contribution < -0.4 is 10.2 Å². The molecule has 0 aromatic heterocycles. The Morgan fingerprint density at radius 2 is 1.68 bits per heavy atom. The van der Waals surface area contributed by atoms with Gasteiger partial charge in [-0.25, -0.2) is 0 Å². The Bertz CT molecular complexity index is 1060. The quantitative estimate of drug-likeness (QED) is 0.680. The number of piperidine rings is 1. The minimum Gasteiger partial charge on any atom is -0.368 e. The molecular weight excluding hydrogens is 436 g/mol. The van der Waals surface area contributed by atoms with Crippen molar-refractivity contribution in [3.8, 4) is 0 Å². The molecule has 1 saturated carbocycles. The Balaban J connectivity index is 1.30. The van der Waals surface area contributed by atoms with Crippen molar-refractivity contribution in [2.75, 3.05) is 24.5 Å². The van der Waals surface area contributed by atoms with E-state index in [2.05, 4.69) is 17.1 Å². The van der Waals surface area contributed by atoms with Crippen molar-refractivity contribution in [1.29, 1.82) is 0 Å². The SMILES string of the molecule is C[C@H]1CN(c2ccc3c(c2)C(=O)N(C2CCC(=O)NC2=O)C3=O)CCN1C(=O)C1CCCCC1. The van der Waals surface area contributed by atoms with E-state index >= 15 is 0 Å². The molecule has 3 aliphatic heterocycles. The van der Waals surface area contributed by atoms with Gasteiger partial charge >= 0.3 is 0 Å². The number of nitrogens with zero attached hydrogens (tertiary/aromatic N) is 3. The van der Waals surface area contributed by atoms with Gasteiger partial charge in [0, 0.05) is 43.7 Å². The molecule has 34 heavy (non-hydrogen) atoms. The number of fused-ring (bicyclic) bond motifs is 1. The molecule has 5 amide bonds. The zero-order valence-electron chi connectivity index (χ0n) is 19.4. The third kappa shape index (κ3) is 3.86. The van der Waals surface area contributed by atoms with Crippen molar-refractivity contribution in [1.82, 2.24) is 15.1 Å². The maximum atomic E-state index is 13.1. The lowest BCUT2D eigenvalue weighted by Gasteiger charge is -2.42. The Morgan fingerprint density at radius 1 is 0.941 bits per heavy atom. The van der Waals surface area contributed by atoms with Gasteiger partial charge in [0.2, 0.25) is 17.7 Å². The minimum absolute atomic E-state index is 0.0498. The van der Waals surface area contributed by atoms with E-state index in [1.165, 1.54) is 6.42 Å². The van der Waals surface area contributed by atoms with Crippen LogP contribution in [0, 0.1) is 5.92 Å². The van der Waals surface area contributed by atoms with E-state index in [9.17, 15) is 24.0 Å². The van der Waals surface area contributed by atoms with Gasteiger partial charge in [0.1, 0.15) is 6.04 Å². The summed E-state index contributed by atoms with van der Waals surface area (Å²) in [6, 6.07) is 4.26. The van der Waals surface area contributed by atoms with Crippen LogP contribution in [0.3, 0.4) is 0 Å². The summed E-state index contributed by atoms with van der Waals surface area (Å²) in [5.74, 6) is -1.60. The van der Waals surface area contributed by atoms with Gasteiger partial charge in [-0.1, -0.05) is 19.3 Å². The fraction of sp³-hybridized carbons (Fsp3) is 0.560. The smallest absolute Gasteiger partial charge is 0.262 e. The highest BCUT2D eigenvalue weighted by molar-refractivity contribution is 6.23. The molecule has 9 nitrogen and oxygen atoms in total. The van der Waals surface area contributed by atoms with Crippen molar-refractivity contribution < 1.29 is 24.0 Å². The molecule has 3 heterocycles. The molecule has 1 unspecified atom stereocenters. The van der Waals surface area contributed by atoms with Crippen molar-refractivity contribution >= 4 is 35.2 Å². The number of imide groups is 2. The monoisotopic (exact) mass is 466 g/mol. The largest absolute Gasteiger partial charge is 0.368 e. The van der Waals surface area contributed by atoms with Crippen LogP contribution in [-0.4, -0.2) is 71.1 Å². The molecule has 1 N–H and O–H groups in total. The lowest BCUT2D eigenvalue weighted by Crippen LogP contribution is -2.55. The van der Waals surface area contributed by atoms with Crippen molar-refractivity contribution in [2.24, 2.45) is 5.92 Å². The number of hydrogen-bond donors (Lipinski definition) is 1. The summed E-state index contributed by atoms with van der Waals surface area (Å²) in [5.41, 5.74) is 1.37. The summed E-state index contributed by atoms with van der Waals surface area (Å²) >= 11 is 0. The number of amides is 5. The molecule has 0 bridgehead atoms. The molecule has 180 valence electrons. The number of rotatable bonds is 3. The first-order valence-corrected chi connectivity index (χ1v) is 12.3. The Kier molecular flexibility index (Phi) is 5.87. The molecule has 2 saturated heterocycles. The van der Waals surface area contributed by atoms with Crippen LogP contribution in [0.5, 0.6) is 0 Å². The average molecular weight is 467 g/mol. The Morgan fingerprint density at radius 3 is 2.38 bits per heavy atom. The highest BCUT2D eigenvalue weighted by Crippen LogP contribution is 2.32. The molecule has 0 radical (unpaired) electrons. The molecule has 3 fully saturated rings. The van der Waals surface area contributed by atoms with Crippen LogP contribution >= 0.6 is 0 Å².